The number of nitrogens with zero attached hydrogens (tertiary/aromatic N) is 2. The van der Waals surface area contributed by atoms with Gasteiger partial charge in [-0.15, -0.1) is 11.6 Å². The molecule has 0 fully saturated rings. The third-order valence-electron chi connectivity index (χ3n) is 1.85. The third kappa shape index (κ3) is 2.36. The van der Waals surface area contributed by atoms with Crippen LogP contribution in [0.25, 0.3) is 0 Å². The number of alkyl halides is 1. The quantitative estimate of drug-likeness (QED) is 0.792. The molecule has 13 heavy (non-hydrogen) atoms. The fourth-order valence-electron chi connectivity index (χ4n) is 1.10. The zero-order valence-electron chi connectivity index (χ0n) is 7.59. The predicted octanol–water partition coefficient (Wildman–Crippen LogP) is 1.75. The Hall–Kier alpha value is -0.250. The van der Waals surface area contributed by atoms with Crippen LogP contribution in [0, 0.1) is 13.8 Å². The Balaban J connectivity index is 2.83. The molecule has 0 amide bonds. The molecule has 0 saturated heterocycles. The number of aryl methyl sites for hydroxylation is 1. The average molecular weight is 223 g/mol. The minimum atomic E-state index is -0.573. The lowest BCUT2D eigenvalue weighted by Crippen LogP contribution is -2.19. The molecule has 0 spiro atoms. The molecule has 0 bridgehead atoms. The van der Waals surface area contributed by atoms with Gasteiger partial charge >= 0.3 is 0 Å². The van der Waals surface area contributed by atoms with Crippen LogP contribution in [0.1, 0.15) is 11.4 Å². The Kier molecular flexibility index (Phi) is 3.59. The van der Waals surface area contributed by atoms with E-state index in [0.29, 0.717) is 11.6 Å². The van der Waals surface area contributed by atoms with Crippen LogP contribution >= 0.6 is 23.2 Å². The minimum Gasteiger partial charge on any atom is -0.390 e. The van der Waals surface area contributed by atoms with Gasteiger partial charge in [-0.05, 0) is 13.8 Å². The van der Waals surface area contributed by atoms with Crippen LogP contribution in [-0.4, -0.2) is 26.9 Å². The monoisotopic (exact) mass is 222 g/mol. The molecule has 1 heterocycles. The summed E-state index contributed by atoms with van der Waals surface area (Å²) in [5.41, 5.74) is 1.64. The summed E-state index contributed by atoms with van der Waals surface area (Å²) in [5, 5.41) is 14.1. The van der Waals surface area contributed by atoms with E-state index >= 15 is 0 Å². The highest BCUT2D eigenvalue weighted by Gasteiger charge is 2.11. The van der Waals surface area contributed by atoms with E-state index in [1.165, 1.54) is 0 Å². The first kappa shape index (κ1) is 10.8. The van der Waals surface area contributed by atoms with Gasteiger partial charge in [0.05, 0.1) is 34.9 Å². The van der Waals surface area contributed by atoms with Gasteiger partial charge in [-0.1, -0.05) is 11.6 Å². The first-order valence-electron chi connectivity index (χ1n) is 3.99. The molecule has 1 aromatic rings. The molecular formula is C8H12Cl2N2O. The van der Waals surface area contributed by atoms with Gasteiger partial charge in [0.25, 0.3) is 0 Å². The molecule has 1 unspecified atom stereocenters. The third-order valence-corrected chi connectivity index (χ3v) is 2.76. The van der Waals surface area contributed by atoms with Crippen molar-refractivity contribution in [1.82, 2.24) is 9.78 Å². The molecule has 1 rings (SSSR count). The Morgan fingerprint density at radius 2 is 2.15 bits per heavy atom. The van der Waals surface area contributed by atoms with Crippen LogP contribution in [0.4, 0.5) is 0 Å². The fraction of sp³-hybridized carbons (Fsp3) is 0.625. The number of aliphatic hydroxyl groups excluding tert-OH is 1. The molecule has 1 N–H and O–H groups in total. The van der Waals surface area contributed by atoms with Crippen LogP contribution in [0.5, 0.6) is 0 Å². The fourth-order valence-corrected chi connectivity index (χ4v) is 1.33. The van der Waals surface area contributed by atoms with Crippen LogP contribution in [0.2, 0.25) is 5.02 Å². The van der Waals surface area contributed by atoms with Gasteiger partial charge in [0, 0.05) is 0 Å². The predicted molar refractivity (Wildman–Crippen MR) is 53.4 cm³/mol. The second kappa shape index (κ2) is 4.31. The standard InChI is InChI=1S/C8H12Cl2N2O/c1-5-8(10)6(2)12(11-5)4-7(13)3-9/h7,13H,3-4H2,1-2H3. The SMILES string of the molecule is Cc1nn(CC(O)CCl)c(C)c1Cl. The Morgan fingerprint density at radius 3 is 2.54 bits per heavy atom. The summed E-state index contributed by atoms with van der Waals surface area (Å²) in [4.78, 5) is 0. The molecule has 5 heteroatoms. The summed E-state index contributed by atoms with van der Waals surface area (Å²) in [6.45, 7) is 4.09. The summed E-state index contributed by atoms with van der Waals surface area (Å²) in [5.74, 6) is 0.204. The smallest absolute Gasteiger partial charge is 0.0871 e. The number of hydrogen-bond donors (Lipinski definition) is 1. The van der Waals surface area contributed by atoms with Gasteiger partial charge in [-0.3, -0.25) is 4.68 Å². The highest BCUT2D eigenvalue weighted by atomic mass is 35.5. The number of rotatable bonds is 3. The first-order valence-corrected chi connectivity index (χ1v) is 4.91. The van der Waals surface area contributed by atoms with E-state index in [9.17, 15) is 5.11 Å². The summed E-state index contributed by atoms with van der Waals surface area (Å²) < 4.78 is 1.67. The number of aromatic nitrogens is 2. The first-order chi connectivity index (χ1) is 6.06. The highest BCUT2D eigenvalue weighted by molar-refractivity contribution is 6.31. The van der Waals surface area contributed by atoms with Crippen LogP contribution in [0.3, 0.4) is 0 Å². The zero-order valence-corrected chi connectivity index (χ0v) is 9.10. The molecule has 0 aliphatic carbocycles. The average Bonchev–Trinajstić information content (AvgIpc) is 2.34. The van der Waals surface area contributed by atoms with Gasteiger partial charge in [-0.25, -0.2) is 0 Å². The largest absolute Gasteiger partial charge is 0.390 e. The van der Waals surface area contributed by atoms with Crippen molar-refractivity contribution in [1.29, 1.82) is 0 Å². The zero-order chi connectivity index (χ0) is 10.0. The summed E-state index contributed by atoms with van der Waals surface area (Å²) >= 11 is 11.4. The van der Waals surface area contributed by atoms with E-state index < -0.39 is 6.10 Å². The highest BCUT2D eigenvalue weighted by Crippen LogP contribution is 2.18. The van der Waals surface area contributed by atoms with Gasteiger partial charge < -0.3 is 5.11 Å². The van der Waals surface area contributed by atoms with Crippen molar-refractivity contribution in [3.63, 3.8) is 0 Å². The van der Waals surface area contributed by atoms with Crippen LogP contribution in [0.15, 0.2) is 0 Å². The maximum Gasteiger partial charge on any atom is 0.0871 e. The lowest BCUT2D eigenvalue weighted by molar-refractivity contribution is 0.170. The van der Waals surface area contributed by atoms with Crippen molar-refractivity contribution in [2.24, 2.45) is 0 Å². The van der Waals surface area contributed by atoms with E-state index in [-0.39, 0.29) is 5.88 Å². The van der Waals surface area contributed by atoms with Crippen molar-refractivity contribution < 1.29 is 5.11 Å². The number of hydrogen-bond acceptors (Lipinski definition) is 2. The van der Waals surface area contributed by atoms with E-state index in [1.807, 2.05) is 13.8 Å². The van der Waals surface area contributed by atoms with E-state index in [1.54, 1.807) is 4.68 Å². The lowest BCUT2D eigenvalue weighted by Gasteiger charge is -2.08. The van der Waals surface area contributed by atoms with E-state index in [4.69, 9.17) is 23.2 Å². The Labute approximate surface area is 87.3 Å². The van der Waals surface area contributed by atoms with Gasteiger partial charge in [0.2, 0.25) is 0 Å². The van der Waals surface area contributed by atoms with E-state index in [0.717, 1.165) is 11.4 Å². The van der Waals surface area contributed by atoms with Gasteiger partial charge in [0.15, 0.2) is 0 Å². The molecular weight excluding hydrogens is 211 g/mol. The van der Waals surface area contributed by atoms with Gasteiger partial charge in [0.1, 0.15) is 0 Å². The Bertz CT molecular complexity index is 299. The maximum atomic E-state index is 9.30. The molecule has 3 nitrogen and oxygen atoms in total. The van der Waals surface area contributed by atoms with Crippen LogP contribution in [-0.2, 0) is 6.54 Å². The molecule has 0 aliphatic rings. The Morgan fingerprint density at radius 1 is 1.54 bits per heavy atom. The second-order valence-electron chi connectivity index (χ2n) is 2.98. The summed E-state index contributed by atoms with van der Waals surface area (Å²) in [7, 11) is 0. The summed E-state index contributed by atoms with van der Waals surface area (Å²) in [6.07, 6.45) is -0.573. The van der Waals surface area contributed by atoms with E-state index in [2.05, 4.69) is 5.10 Å². The van der Waals surface area contributed by atoms with Crippen LogP contribution < -0.4 is 0 Å². The lowest BCUT2D eigenvalue weighted by atomic mass is 10.3. The van der Waals surface area contributed by atoms with Crippen molar-refractivity contribution in [3.8, 4) is 0 Å². The minimum absolute atomic E-state index is 0.204. The van der Waals surface area contributed by atoms with Crippen molar-refractivity contribution in [2.45, 2.75) is 26.5 Å². The molecule has 0 aromatic carbocycles. The molecule has 0 saturated carbocycles. The molecule has 1 atom stereocenters. The molecule has 0 aliphatic heterocycles. The number of aliphatic hydroxyl groups is 1. The van der Waals surface area contributed by atoms with Crippen molar-refractivity contribution in [2.75, 3.05) is 5.88 Å². The number of halogens is 2. The topological polar surface area (TPSA) is 38.0 Å². The molecule has 0 radical (unpaired) electrons. The second-order valence-corrected chi connectivity index (χ2v) is 3.66. The molecule has 74 valence electrons. The summed E-state index contributed by atoms with van der Waals surface area (Å²) in [6, 6.07) is 0. The van der Waals surface area contributed by atoms with Crippen molar-refractivity contribution in [3.05, 3.63) is 16.4 Å². The molecule has 1 aromatic heterocycles. The van der Waals surface area contributed by atoms with Crippen molar-refractivity contribution >= 4 is 23.2 Å². The maximum absolute atomic E-state index is 9.30. The normalized spacial score (nSPS) is 13.3. The van der Waals surface area contributed by atoms with Gasteiger partial charge in [-0.2, -0.15) is 5.10 Å².